The van der Waals surface area contributed by atoms with Crippen LogP contribution < -0.4 is 25.3 Å². The van der Waals surface area contributed by atoms with Crippen LogP contribution >= 0.6 is 0 Å². The standard InChI is InChI=1S/C16H26N2O3/c1-19-14-9-16(21-3)15(20-2)8-12(14)13(10-17)18-11-6-4-5-7-11/h8-9,11,13,18H,4-7,10,17H2,1-3H3. The molecule has 21 heavy (non-hydrogen) atoms. The van der Waals surface area contributed by atoms with Crippen LogP contribution in [0, 0.1) is 0 Å². The average Bonchev–Trinajstić information content (AvgIpc) is 3.04. The smallest absolute Gasteiger partial charge is 0.164 e. The van der Waals surface area contributed by atoms with Crippen LogP contribution in [-0.4, -0.2) is 33.9 Å². The summed E-state index contributed by atoms with van der Waals surface area (Å²) < 4.78 is 16.2. The molecule has 1 aliphatic carbocycles. The average molecular weight is 294 g/mol. The second-order valence-corrected chi connectivity index (χ2v) is 5.39. The summed E-state index contributed by atoms with van der Waals surface area (Å²) in [5.41, 5.74) is 7.00. The van der Waals surface area contributed by atoms with Crippen molar-refractivity contribution in [1.29, 1.82) is 0 Å². The lowest BCUT2D eigenvalue weighted by atomic mass is 10.0. The Bertz CT molecular complexity index is 459. The Kier molecular flexibility index (Phi) is 5.70. The van der Waals surface area contributed by atoms with Gasteiger partial charge in [-0.3, -0.25) is 0 Å². The molecule has 0 aromatic heterocycles. The first kappa shape index (κ1) is 15.9. The van der Waals surface area contributed by atoms with Gasteiger partial charge in [-0.05, 0) is 18.9 Å². The topological polar surface area (TPSA) is 65.7 Å². The van der Waals surface area contributed by atoms with E-state index in [2.05, 4.69) is 5.32 Å². The van der Waals surface area contributed by atoms with Gasteiger partial charge in [-0.25, -0.2) is 0 Å². The van der Waals surface area contributed by atoms with Crippen LogP contribution in [0.5, 0.6) is 17.2 Å². The highest BCUT2D eigenvalue weighted by atomic mass is 16.5. The second-order valence-electron chi connectivity index (χ2n) is 5.39. The van der Waals surface area contributed by atoms with E-state index in [4.69, 9.17) is 19.9 Å². The normalized spacial score (nSPS) is 16.8. The minimum atomic E-state index is 0.0582. The van der Waals surface area contributed by atoms with E-state index in [1.807, 2.05) is 12.1 Å². The summed E-state index contributed by atoms with van der Waals surface area (Å²) in [4.78, 5) is 0. The largest absolute Gasteiger partial charge is 0.496 e. The van der Waals surface area contributed by atoms with Crippen LogP contribution in [0.4, 0.5) is 0 Å². The van der Waals surface area contributed by atoms with Crippen molar-refractivity contribution in [2.45, 2.75) is 37.8 Å². The Balaban J connectivity index is 2.29. The van der Waals surface area contributed by atoms with Crippen LogP contribution in [0.25, 0.3) is 0 Å². The molecule has 1 aliphatic rings. The van der Waals surface area contributed by atoms with Gasteiger partial charge in [0, 0.05) is 30.3 Å². The van der Waals surface area contributed by atoms with Crippen LogP contribution in [0.2, 0.25) is 0 Å². The van der Waals surface area contributed by atoms with E-state index in [-0.39, 0.29) is 6.04 Å². The molecule has 1 saturated carbocycles. The molecule has 0 amide bonds. The third-order valence-corrected chi connectivity index (χ3v) is 4.14. The summed E-state index contributed by atoms with van der Waals surface area (Å²) in [7, 11) is 4.91. The molecule has 0 spiro atoms. The number of hydrogen-bond acceptors (Lipinski definition) is 5. The van der Waals surface area contributed by atoms with Crippen LogP contribution in [0.1, 0.15) is 37.3 Å². The molecular formula is C16H26N2O3. The predicted molar refractivity (Wildman–Crippen MR) is 83.3 cm³/mol. The summed E-state index contributed by atoms with van der Waals surface area (Å²) >= 11 is 0. The molecule has 5 heteroatoms. The van der Waals surface area contributed by atoms with E-state index in [1.54, 1.807) is 21.3 Å². The van der Waals surface area contributed by atoms with Crippen LogP contribution in [-0.2, 0) is 0 Å². The molecule has 1 atom stereocenters. The minimum absolute atomic E-state index is 0.0582. The van der Waals surface area contributed by atoms with Crippen molar-refractivity contribution in [2.24, 2.45) is 5.73 Å². The molecule has 1 unspecified atom stereocenters. The van der Waals surface area contributed by atoms with Gasteiger partial charge in [0.15, 0.2) is 11.5 Å². The van der Waals surface area contributed by atoms with Gasteiger partial charge in [0.05, 0.1) is 21.3 Å². The van der Waals surface area contributed by atoms with Crippen molar-refractivity contribution in [3.05, 3.63) is 17.7 Å². The highest BCUT2D eigenvalue weighted by Crippen LogP contribution is 2.37. The van der Waals surface area contributed by atoms with Crippen molar-refractivity contribution in [3.8, 4) is 17.2 Å². The van der Waals surface area contributed by atoms with E-state index >= 15 is 0 Å². The molecule has 3 N–H and O–H groups in total. The number of nitrogens with two attached hydrogens (primary N) is 1. The fraction of sp³-hybridized carbons (Fsp3) is 0.625. The number of nitrogens with one attached hydrogen (secondary N) is 1. The molecule has 1 aromatic carbocycles. The Morgan fingerprint density at radius 3 is 2.14 bits per heavy atom. The van der Waals surface area contributed by atoms with Gasteiger partial charge in [-0.2, -0.15) is 0 Å². The molecule has 0 heterocycles. The summed E-state index contributed by atoms with van der Waals surface area (Å²) in [5.74, 6) is 2.13. The van der Waals surface area contributed by atoms with E-state index in [9.17, 15) is 0 Å². The number of methoxy groups -OCH3 is 3. The maximum Gasteiger partial charge on any atom is 0.164 e. The summed E-state index contributed by atoms with van der Waals surface area (Å²) in [6, 6.07) is 4.41. The van der Waals surface area contributed by atoms with E-state index in [0.29, 0.717) is 24.1 Å². The van der Waals surface area contributed by atoms with Crippen molar-refractivity contribution in [1.82, 2.24) is 5.32 Å². The first-order valence-corrected chi connectivity index (χ1v) is 7.49. The molecule has 2 rings (SSSR count). The Morgan fingerprint density at radius 1 is 1.05 bits per heavy atom. The lowest BCUT2D eigenvalue weighted by Gasteiger charge is -2.24. The summed E-state index contributed by atoms with van der Waals surface area (Å²) in [6.07, 6.45) is 5.01. The zero-order valence-electron chi connectivity index (χ0n) is 13.1. The first-order valence-electron chi connectivity index (χ1n) is 7.49. The SMILES string of the molecule is COc1cc(OC)c(C(CN)NC2CCCC2)cc1OC. The van der Waals surface area contributed by atoms with Crippen molar-refractivity contribution >= 4 is 0 Å². The van der Waals surface area contributed by atoms with Gasteiger partial charge in [0.25, 0.3) is 0 Å². The van der Waals surface area contributed by atoms with Gasteiger partial charge in [0.2, 0.25) is 0 Å². The van der Waals surface area contributed by atoms with Crippen molar-refractivity contribution in [3.63, 3.8) is 0 Å². The van der Waals surface area contributed by atoms with Crippen molar-refractivity contribution in [2.75, 3.05) is 27.9 Å². The fourth-order valence-electron chi connectivity index (χ4n) is 2.99. The zero-order valence-corrected chi connectivity index (χ0v) is 13.1. The maximum absolute atomic E-state index is 5.98. The summed E-state index contributed by atoms with van der Waals surface area (Å²) in [6.45, 7) is 0.516. The van der Waals surface area contributed by atoms with E-state index in [0.717, 1.165) is 11.3 Å². The minimum Gasteiger partial charge on any atom is -0.496 e. The molecule has 0 saturated heterocycles. The number of ether oxygens (including phenoxy) is 3. The Hall–Kier alpha value is -1.46. The molecule has 0 bridgehead atoms. The molecule has 118 valence electrons. The zero-order chi connectivity index (χ0) is 15.2. The van der Waals surface area contributed by atoms with Gasteiger partial charge in [0.1, 0.15) is 5.75 Å². The monoisotopic (exact) mass is 294 g/mol. The maximum atomic E-state index is 5.98. The van der Waals surface area contributed by atoms with E-state index < -0.39 is 0 Å². The van der Waals surface area contributed by atoms with E-state index in [1.165, 1.54) is 25.7 Å². The first-order chi connectivity index (χ1) is 10.2. The lowest BCUT2D eigenvalue weighted by Crippen LogP contribution is -2.35. The second kappa shape index (κ2) is 7.52. The van der Waals surface area contributed by atoms with Crippen LogP contribution in [0.15, 0.2) is 12.1 Å². The van der Waals surface area contributed by atoms with Crippen LogP contribution in [0.3, 0.4) is 0 Å². The third-order valence-electron chi connectivity index (χ3n) is 4.14. The van der Waals surface area contributed by atoms with Gasteiger partial charge >= 0.3 is 0 Å². The highest BCUT2D eigenvalue weighted by Gasteiger charge is 2.23. The molecule has 0 aliphatic heterocycles. The number of benzene rings is 1. The van der Waals surface area contributed by atoms with Crippen molar-refractivity contribution < 1.29 is 14.2 Å². The molecule has 0 radical (unpaired) electrons. The van der Waals surface area contributed by atoms with Gasteiger partial charge < -0.3 is 25.3 Å². The fourth-order valence-corrected chi connectivity index (χ4v) is 2.99. The van der Waals surface area contributed by atoms with Gasteiger partial charge in [-0.15, -0.1) is 0 Å². The molecule has 5 nitrogen and oxygen atoms in total. The highest BCUT2D eigenvalue weighted by molar-refractivity contribution is 5.52. The lowest BCUT2D eigenvalue weighted by molar-refractivity contribution is 0.343. The quantitative estimate of drug-likeness (QED) is 0.807. The number of hydrogen-bond donors (Lipinski definition) is 2. The summed E-state index contributed by atoms with van der Waals surface area (Å²) in [5, 5.41) is 3.64. The molecule has 1 aromatic rings. The predicted octanol–water partition coefficient (Wildman–Crippen LogP) is 2.24. The van der Waals surface area contributed by atoms with Gasteiger partial charge in [-0.1, -0.05) is 12.8 Å². The Morgan fingerprint density at radius 2 is 1.62 bits per heavy atom. The molecule has 1 fully saturated rings. The number of rotatable bonds is 7. The Labute approximate surface area is 126 Å². The third kappa shape index (κ3) is 3.60. The molecular weight excluding hydrogens is 268 g/mol.